The van der Waals surface area contributed by atoms with Gasteiger partial charge in [-0.2, -0.15) is 5.26 Å². The van der Waals surface area contributed by atoms with Gasteiger partial charge in [-0.1, -0.05) is 37.3 Å². The number of nitrogens with zero attached hydrogens (tertiary/aromatic N) is 3. The number of nitriles is 1. The summed E-state index contributed by atoms with van der Waals surface area (Å²) in [6.07, 6.45) is 3.99. The number of carbonyl (C=O) groups is 1. The highest BCUT2D eigenvalue weighted by molar-refractivity contribution is 5.81. The number of oxazole rings is 1. The smallest absolute Gasteiger partial charge is 0.316 e. The van der Waals surface area contributed by atoms with Crippen LogP contribution >= 0.6 is 0 Å². The SMILES string of the molecule is CC1[C@H](/C=C/c2ccc(-c3ccccc3C#N)cn2)C2[C@@H](C)OC(=O)[C@]2(C(O)c2cocn2)CC1(F)F. The molecule has 2 fully saturated rings. The second kappa shape index (κ2) is 9.20. The Morgan fingerprint density at radius 1 is 1.22 bits per heavy atom. The third kappa shape index (κ3) is 4.02. The fraction of sp³-hybridized carbons (Fsp3) is 0.357. The zero-order valence-electron chi connectivity index (χ0n) is 20.2. The van der Waals surface area contributed by atoms with Crippen LogP contribution < -0.4 is 0 Å². The van der Waals surface area contributed by atoms with E-state index in [4.69, 9.17) is 9.15 Å². The molecule has 190 valence electrons. The number of alkyl halides is 2. The second-order valence-electron chi connectivity index (χ2n) is 9.78. The van der Waals surface area contributed by atoms with E-state index in [2.05, 4.69) is 16.0 Å². The van der Waals surface area contributed by atoms with Crippen LogP contribution in [0.3, 0.4) is 0 Å². The van der Waals surface area contributed by atoms with Crippen LogP contribution in [0.25, 0.3) is 17.2 Å². The van der Waals surface area contributed by atoms with Gasteiger partial charge < -0.3 is 14.3 Å². The molecule has 1 N–H and O–H groups in total. The van der Waals surface area contributed by atoms with Gasteiger partial charge in [0, 0.05) is 35.6 Å². The molecule has 0 amide bonds. The number of halogens is 2. The molecule has 0 radical (unpaired) electrons. The van der Waals surface area contributed by atoms with E-state index in [9.17, 15) is 15.2 Å². The average molecular weight is 506 g/mol. The fourth-order valence-corrected chi connectivity index (χ4v) is 5.90. The summed E-state index contributed by atoms with van der Waals surface area (Å²) in [5, 5.41) is 20.5. The number of hydrogen-bond acceptors (Lipinski definition) is 7. The van der Waals surface area contributed by atoms with Gasteiger partial charge in [0.25, 0.3) is 5.92 Å². The number of pyridine rings is 1. The van der Waals surface area contributed by atoms with E-state index < -0.39 is 53.7 Å². The summed E-state index contributed by atoms with van der Waals surface area (Å²) in [6, 6.07) is 12.9. The minimum Gasteiger partial charge on any atom is -0.462 e. The number of aromatic nitrogens is 2. The van der Waals surface area contributed by atoms with Crippen molar-refractivity contribution in [2.24, 2.45) is 23.2 Å². The first-order valence-electron chi connectivity index (χ1n) is 12.0. The molecular weight excluding hydrogens is 480 g/mol. The molecule has 7 nitrogen and oxygen atoms in total. The molecule has 5 rings (SSSR count). The van der Waals surface area contributed by atoms with Gasteiger partial charge in [-0.25, -0.2) is 13.8 Å². The molecular formula is C28H25F2N3O4. The van der Waals surface area contributed by atoms with Gasteiger partial charge in [0.05, 0.1) is 17.3 Å². The van der Waals surface area contributed by atoms with E-state index >= 15 is 8.78 Å². The van der Waals surface area contributed by atoms with E-state index in [1.807, 2.05) is 18.2 Å². The summed E-state index contributed by atoms with van der Waals surface area (Å²) in [7, 11) is 0. The van der Waals surface area contributed by atoms with Gasteiger partial charge in [-0.15, -0.1) is 0 Å². The van der Waals surface area contributed by atoms with Gasteiger partial charge in [-0.3, -0.25) is 9.78 Å². The molecule has 2 aliphatic rings. The average Bonchev–Trinajstić information content (AvgIpc) is 3.51. The Labute approximate surface area is 212 Å². The molecule has 6 atom stereocenters. The fourth-order valence-electron chi connectivity index (χ4n) is 5.90. The lowest BCUT2D eigenvalue weighted by Gasteiger charge is -2.49. The summed E-state index contributed by atoms with van der Waals surface area (Å²) in [4.78, 5) is 21.4. The van der Waals surface area contributed by atoms with Gasteiger partial charge in [0.15, 0.2) is 6.39 Å². The van der Waals surface area contributed by atoms with Crippen molar-refractivity contribution in [2.45, 2.75) is 38.4 Å². The lowest BCUT2D eigenvalue weighted by Crippen LogP contribution is -2.56. The first kappa shape index (κ1) is 24.8. The number of hydrogen-bond donors (Lipinski definition) is 1. The molecule has 3 heterocycles. The second-order valence-corrected chi connectivity index (χ2v) is 9.78. The molecule has 2 aromatic heterocycles. The van der Waals surface area contributed by atoms with Crippen molar-refractivity contribution in [1.82, 2.24) is 9.97 Å². The first-order chi connectivity index (χ1) is 17.7. The molecule has 3 aromatic rings. The molecule has 1 saturated heterocycles. The number of benzene rings is 1. The van der Waals surface area contributed by atoms with Crippen molar-refractivity contribution in [3.63, 3.8) is 0 Å². The van der Waals surface area contributed by atoms with Crippen molar-refractivity contribution in [2.75, 3.05) is 0 Å². The summed E-state index contributed by atoms with van der Waals surface area (Å²) >= 11 is 0. The topological polar surface area (TPSA) is 109 Å². The Morgan fingerprint density at radius 3 is 2.68 bits per heavy atom. The first-order valence-corrected chi connectivity index (χ1v) is 12.0. The maximum atomic E-state index is 15.4. The van der Waals surface area contributed by atoms with Crippen molar-refractivity contribution >= 4 is 12.0 Å². The van der Waals surface area contributed by atoms with Crippen molar-refractivity contribution in [3.8, 4) is 17.2 Å². The zero-order valence-corrected chi connectivity index (χ0v) is 20.2. The molecule has 9 heteroatoms. The maximum Gasteiger partial charge on any atom is 0.316 e. The number of esters is 1. The van der Waals surface area contributed by atoms with Crippen LogP contribution in [-0.4, -0.2) is 33.1 Å². The van der Waals surface area contributed by atoms with Crippen molar-refractivity contribution in [1.29, 1.82) is 5.26 Å². The Bertz CT molecular complexity index is 1370. The Balaban J connectivity index is 1.50. The van der Waals surface area contributed by atoms with Crippen LogP contribution in [0, 0.1) is 34.5 Å². The number of rotatable bonds is 5. The summed E-state index contributed by atoms with van der Waals surface area (Å²) < 4.78 is 41.3. The van der Waals surface area contributed by atoms with E-state index in [0.29, 0.717) is 11.3 Å². The maximum absolute atomic E-state index is 15.4. The molecule has 0 spiro atoms. The molecule has 37 heavy (non-hydrogen) atoms. The monoisotopic (exact) mass is 505 g/mol. The third-order valence-electron chi connectivity index (χ3n) is 7.81. The van der Waals surface area contributed by atoms with Gasteiger partial charge >= 0.3 is 5.97 Å². The molecule has 1 saturated carbocycles. The van der Waals surface area contributed by atoms with E-state index in [1.54, 1.807) is 43.5 Å². The molecule has 1 aromatic carbocycles. The summed E-state index contributed by atoms with van der Waals surface area (Å²) in [6.45, 7) is 3.11. The predicted molar refractivity (Wildman–Crippen MR) is 129 cm³/mol. The van der Waals surface area contributed by atoms with Crippen LogP contribution in [-0.2, 0) is 9.53 Å². The highest BCUT2D eigenvalue weighted by Crippen LogP contribution is 2.63. The zero-order chi connectivity index (χ0) is 26.4. The third-order valence-corrected chi connectivity index (χ3v) is 7.81. The van der Waals surface area contributed by atoms with Gasteiger partial charge in [0.1, 0.15) is 29.6 Å². The number of cyclic esters (lactones) is 1. The van der Waals surface area contributed by atoms with Gasteiger partial charge in [-0.05, 0) is 31.1 Å². The number of fused-ring (bicyclic) bond motifs is 1. The Morgan fingerprint density at radius 2 is 2.00 bits per heavy atom. The standard InChI is InChI=1S/C28H25F2N3O4/c1-16-21(10-9-20-8-7-19(12-32-20)22-6-4-3-5-18(22)11-31)24-17(2)37-26(35)27(24,14-28(16,29)30)25(34)23-13-36-15-33-23/h3-10,12-13,15-17,21,24-25,34H,14H2,1-2H3/b10-9+/t16?,17-,21+,24?,25?,27-/m1/s1. The predicted octanol–water partition coefficient (Wildman–Crippen LogP) is 5.19. The minimum absolute atomic E-state index is 0.0130. The molecule has 1 aliphatic heterocycles. The number of allylic oxidation sites excluding steroid dienone is 1. The number of aliphatic hydroxyl groups is 1. The Kier molecular flexibility index (Phi) is 6.16. The summed E-state index contributed by atoms with van der Waals surface area (Å²) in [5.74, 6) is -6.75. The van der Waals surface area contributed by atoms with E-state index in [0.717, 1.165) is 23.8 Å². The van der Waals surface area contributed by atoms with Crippen molar-refractivity contribution < 1.29 is 27.8 Å². The number of ether oxygens (including phenoxy) is 1. The van der Waals surface area contributed by atoms with E-state index in [-0.39, 0.29) is 5.69 Å². The van der Waals surface area contributed by atoms with E-state index in [1.165, 1.54) is 6.92 Å². The van der Waals surface area contributed by atoms with Crippen molar-refractivity contribution in [3.05, 3.63) is 78.3 Å². The minimum atomic E-state index is -3.25. The highest BCUT2D eigenvalue weighted by Gasteiger charge is 2.71. The highest BCUT2D eigenvalue weighted by atomic mass is 19.3. The molecule has 3 unspecified atom stereocenters. The normalized spacial score (nSPS) is 29.5. The lowest BCUT2D eigenvalue weighted by molar-refractivity contribution is -0.192. The number of carbonyl (C=O) groups excluding carboxylic acids is 1. The van der Waals surface area contributed by atoms with Crippen LogP contribution in [0.2, 0.25) is 0 Å². The lowest BCUT2D eigenvalue weighted by atomic mass is 9.54. The van der Waals surface area contributed by atoms with Crippen LogP contribution in [0.1, 0.15) is 43.3 Å². The molecule has 1 aliphatic carbocycles. The van der Waals surface area contributed by atoms with Crippen LogP contribution in [0.15, 0.2) is 65.7 Å². The Hall–Kier alpha value is -3.90. The quantitative estimate of drug-likeness (QED) is 0.475. The van der Waals surface area contributed by atoms with Crippen LogP contribution in [0.4, 0.5) is 8.78 Å². The number of aliphatic hydroxyl groups excluding tert-OH is 1. The summed E-state index contributed by atoms with van der Waals surface area (Å²) in [5.41, 5.74) is 0.687. The largest absolute Gasteiger partial charge is 0.462 e. The molecule has 0 bridgehead atoms. The van der Waals surface area contributed by atoms with Crippen LogP contribution in [0.5, 0.6) is 0 Å². The van der Waals surface area contributed by atoms with Gasteiger partial charge in [0.2, 0.25) is 0 Å².